The normalized spacial score (nSPS) is 17.6. The first-order valence-electron chi connectivity index (χ1n) is 5.40. The molecule has 0 spiro atoms. The van der Waals surface area contributed by atoms with E-state index in [1.165, 1.54) is 0 Å². The third-order valence-electron chi connectivity index (χ3n) is 3.15. The second-order valence-corrected chi connectivity index (χ2v) is 6.48. The van der Waals surface area contributed by atoms with Crippen LogP contribution in [-0.2, 0) is 0 Å². The predicted octanol–water partition coefficient (Wildman–Crippen LogP) is 3.61. The van der Waals surface area contributed by atoms with Crippen molar-refractivity contribution in [2.24, 2.45) is 10.8 Å². The molecule has 1 heteroatoms. The fourth-order valence-electron chi connectivity index (χ4n) is 1.09. The lowest BCUT2D eigenvalue weighted by molar-refractivity contribution is 0.152. The molecule has 0 amide bonds. The maximum atomic E-state index is 3.96. The fourth-order valence-corrected chi connectivity index (χ4v) is 1.09. The van der Waals surface area contributed by atoms with Gasteiger partial charge in [-0.15, -0.1) is 6.58 Å². The summed E-state index contributed by atoms with van der Waals surface area (Å²) in [4.78, 5) is 0. The van der Waals surface area contributed by atoms with Crippen LogP contribution in [0.15, 0.2) is 12.7 Å². The van der Waals surface area contributed by atoms with E-state index in [1.54, 1.807) is 0 Å². The quantitative estimate of drug-likeness (QED) is 0.681. The van der Waals surface area contributed by atoms with E-state index in [1.807, 2.05) is 0 Å². The van der Waals surface area contributed by atoms with Gasteiger partial charge in [-0.25, -0.2) is 0 Å². The Morgan fingerprint density at radius 3 is 1.64 bits per heavy atom. The van der Waals surface area contributed by atoms with Crippen LogP contribution >= 0.6 is 0 Å². The predicted molar refractivity (Wildman–Crippen MR) is 65.5 cm³/mol. The van der Waals surface area contributed by atoms with Crippen LogP contribution in [0.3, 0.4) is 0 Å². The molecule has 0 saturated carbocycles. The van der Waals surface area contributed by atoms with Gasteiger partial charge in [-0.3, -0.25) is 0 Å². The minimum absolute atomic E-state index is 0.139. The zero-order valence-corrected chi connectivity index (χ0v) is 11.0. The van der Waals surface area contributed by atoms with Gasteiger partial charge in [0, 0.05) is 17.5 Å². The third kappa shape index (κ3) is 3.83. The van der Waals surface area contributed by atoms with Crippen molar-refractivity contribution in [3.63, 3.8) is 0 Å². The second kappa shape index (κ2) is 4.06. The Balaban J connectivity index is 4.51. The van der Waals surface area contributed by atoms with Crippen molar-refractivity contribution >= 4 is 0 Å². The first kappa shape index (κ1) is 13.7. The van der Waals surface area contributed by atoms with E-state index in [0.29, 0.717) is 0 Å². The molecule has 0 aliphatic carbocycles. The van der Waals surface area contributed by atoms with E-state index in [9.17, 15) is 0 Å². The van der Waals surface area contributed by atoms with E-state index in [4.69, 9.17) is 0 Å². The molecule has 0 aromatic carbocycles. The van der Waals surface area contributed by atoms with Gasteiger partial charge in [-0.1, -0.05) is 33.8 Å². The van der Waals surface area contributed by atoms with Gasteiger partial charge in [0.2, 0.25) is 0 Å². The van der Waals surface area contributed by atoms with Crippen LogP contribution in [0.1, 0.15) is 48.5 Å². The Labute approximate surface area is 90.0 Å². The van der Waals surface area contributed by atoms with E-state index in [-0.39, 0.29) is 16.4 Å². The number of hydrogen-bond donors (Lipinski definition) is 1. The standard InChI is InChI=1S/C13H27N/c1-9-13(8,11(2,3)4)10-14-12(5,6)7/h9,14H,1,10H2,2-8H3. The van der Waals surface area contributed by atoms with Crippen molar-refractivity contribution in [2.45, 2.75) is 54.0 Å². The third-order valence-corrected chi connectivity index (χ3v) is 3.15. The first-order chi connectivity index (χ1) is 6.02. The Bertz CT molecular complexity index is 192. The van der Waals surface area contributed by atoms with Gasteiger partial charge in [-0.05, 0) is 26.2 Å². The molecular weight excluding hydrogens is 170 g/mol. The highest BCUT2D eigenvalue weighted by molar-refractivity contribution is 5.01. The Hall–Kier alpha value is -0.300. The molecule has 0 bridgehead atoms. The van der Waals surface area contributed by atoms with Gasteiger partial charge in [0.15, 0.2) is 0 Å². The summed E-state index contributed by atoms with van der Waals surface area (Å²) in [6, 6.07) is 0. The highest BCUT2D eigenvalue weighted by Crippen LogP contribution is 2.38. The monoisotopic (exact) mass is 197 g/mol. The summed E-state index contributed by atoms with van der Waals surface area (Å²) in [5, 5.41) is 3.55. The highest BCUT2D eigenvalue weighted by Gasteiger charge is 2.35. The van der Waals surface area contributed by atoms with E-state index in [0.717, 1.165) is 6.54 Å². The summed E-state index contributed by atoms with van der Waals surface area (Å²) < 4.78 is 0. The molecule has 0 saturated heterocycles. The van der Waals surface area contributed by atoms with E-state index in [2.05, 4.69) is 66.4 Å². The van der Waals surface area contributed by atoms with Crippen molar-refractivity contribution in [3.8, 4) is 0 Å². The summed E-state index contributed by atoms with van der Waals surface area (Å²) in [5.41, 5.74) is 0.558. The number of hydrogen-bond acceptors (Lipinski definition) is 1. The summed E-state index contributed by atoms with van der Waals surface area (Å²) in [7, 11) is 0. The molecule has 0 aromatic heterocycles. The van der Waals surface area contributed by atoms with E-state index < -0.39 is 0 Å². The van der Waals surface area contributed by atoms with Gasteiger partial charge in [0.05, 0.1) is 0 Å². The molecule has 1 nitrogen and oxygen atoms in total. The summed E-state index contributed by atoms with van der Waals surface area (Å²) in [5.74, 6) is 0. The maximum absolute atomic E-state index is 3.96. The number of nitrogens with one attached hydrogen (secondary N) is 1. The van der Waals surface area contributed by atoms with Crippen molar-refractivity contribution < 1.29 is 0 Å². The van der Waals surface area contributed by atoms with Gasteiger partial charge in [-0.2, -0.15) is 0 Å². The Morgan fingerprint density at radius 1 is 1.00 bits per heavy atom. The van der Waals surface area contributed by atoms with Crippen molar-refractivity contribution in [2.75, 3.05) is 6.54 Å². The summed E-state index contributed by atoms with van der Waals surface area (Å²) in [6.07, 6.45) is 2.08. The lowest BCUT2D eigenvalue weighted by atomic mass is 9.68. The van der Waals surface area contributed by atoms with Crippen molar-refractivity contribution in [3.05, 3.63) is 12.7 Å². The summed E-state index contributed by atoms with van der Waals surface area (Å²) in [6.45, 7) is 20.6. The molecule has 0 aromatic rings. The van der Waals surface area contributed by atoms with E-state index >= 15 is 0 Å². The summed E-state index contributed by atoms with van der Waals surface area (Å²) >= 11 is 0. The van der Waals surface area contributed by atoms with Gasteiger partial charge >= 0.3 is 0 Å². The lowest BCUT2D eigenvalue weighted by Crippen LogP contribution is -2.46. The number of rotatable bonds is 3. The maximum Gasteiger partial charge on any atom is 0.00968 e. The molecule has 14 heavy (non-hydrogen) atoms. The topological polar surface area (TPSA) is 12.0 Å². The molecule has 0 fully saturated rings. The largest absolute Gasteiger partial charge is 0.311 e. The van der Waals surface area contributed by atoms with Crippen LogP contribution in [0.5, 0.6) is 0 Å². The fraction of sp³-hybridized carbons (Fsp3) is 0.846. The van der Waals surface area contributed by atoms with Gasteiger partial charge in [0.25, 0.3) is 0 Å². The molecule has 0 radical (unpaired) electrons. The highest BCUT2D eigenvalue weighted by atomic mass is 15.0. The molecule has 0 heterocycles. The molecule has 0 aliphatic heterocycles. The smallest absolute Gasteiger partial charge is 0.00968 e. The zero-order chi connectivity index (χ0) is 11.6. The Morgan fingerprint density at radius 2 is 1.43 bits per heavy atom. The minimum atomic E-state index is 0.139. The van der Waals surface area contributed by atoms with Crippen LogP contribution in [0.2, 0.25) is 0 Å². The van der Waals surface area contributed by atoms with Gasteiger partial charge in [0.1, 0.15) is 0 Å². The van der Waals surface area contributed by atoms with Crippen molar-refractivity contribution in [1.29, 1.82) is 0 Å². The lowest BCUT2D eigenvalue weighted by Gasteiger charge is -2.41. The van der Waals surface area contributed by atoms with Gasteiger partial charge < -0.3 is 5.32 Å². The Kier molecular flexibility index (Phi) is 3.97. The molecule has 1 atom stereocenters. The second-order valence-electron chi connectivity index (χ2n) is 6.48. The molecule has 1 N–H and O–H groups in total. The average Bonchev–Trinajstić information content (AvgIpc) is 1.96. The molecule has 0 rings (SSSR count). The molecule has 84 valence electrons. The first-order valence-corrected chi connectivity index (χ1v) is 5.40. The SMILES string of the molecule is C=CC(C)(CNC(C)(C)C)C(C)(C)C. The van der Waals surface area contributed by atoms with Crippen LogP contribution in [-0.4, -0.2) is 12.1 Å². The molecular formula is C13H27N. The van der Waals surface area contributed by atoms with Crippen LogP contribution in [0.25, 0.3) is 0 Å². The molecule has 0 aliphatic rings. The van der Waals surface area contributed by atoms with Crippen LogP contribution < -0.4 is 5.32 Å². The average molecular weight is 197 g/mol. The van der Waals surface area contributed by atoms with Crippen LogP contribution in [0, 0.1) is 10.8 Å². The van der Waals surface area contributed by atoms with Crippen molar-refractivity contribution in [1.82, 2.24) is 5.32 Å². The molecule has 1 unspecified atom stereocenters. The zero-order valence-electron chi connectivity index (χ0n) is 11.0. The van der Waals surface area contributed by atoms with Crippen LogP contribution in [0.4, 0.5) is 0 Å². The minimum Gasteiger partial charge on any atom is -0.311 e.